The van der Waals surface area contributed by atoms with Crippen molar-refractivity contribution < 1.29 is 4.74 Å². The molecule has 0 heterocycles. The first kappa shape index (κ1) is 18.5. The summed E-state index contributed by atoms with van der Waals surface area (Å²) in [5, 5.41) is 3.50. The monoisotopic (exact) mass is 356 g/mol. The van der Waals surface area contributed by atoms with Gasteiger partial charge in [-0.3, -0.25) is 0 Å². The number of benzene rings is 1. The summed E-state index contributed by atoms with van der Waals surface area (Å²) in [4.78, 5) is 2.45. The van der Waals surface area contributed by atoms with Gasteiger partial charge in [0.05, 0.1) is 10.6 Å². The number of ether oxygens (including phenoxy) is 1. The molecule has 0 aliphatic rings. The summed E-state index contributed by atoms with van der Waals surface area (Å²) < 4.78 is 6.75. The van der Waals surface area contributed by atoms with Crippen LogP contribution in [0.4, 0.5) is 0 Å². The van der Waals surface area contributed by atoms with Crippen molar-refractivity contribution in [3.63, 3.8) is 0 Å². The Kier molecular flexibility index (Phi) is 8.97. The summed E-state index contributed by atoms with van der Waals surface area (Å²) in [5.41, 5.74) is 1.28. The van der Waals surface area contributed by atoms with Crippen molar-refractivity contribution in [1.82, 2.24) is 10.2 Å². The van der Waals surface area contributed by atoms with Crippen LogP contribution in [0.25, 0.3) is 0 Å². The van der Waals surface area contributed by atoms with Crippen LogP contribution >= 0.6 is 15.9 Å². The van der Waals surface area contributed by atoms with Crippen LogP contribution in [-0.2, 0) is 6.54 Å². The van der Waals surface area contributed by atoms with E-state index in [1.54, 1.807) is 0 Å². The first-order chi connectivity index (χ1) is 10.1. The Morgan fingerprint density at radius 2 is 1.95 bits per heavy atom. The van der Waals surface area contributed by atoms with Gasteiger partial charge in [0, 0.05) is 6.54 Å². The second-order valence-electron chi connectivity index (χ2n) is 5.49. The lowest BCUT2D eigenvalue weighted by Crippen LogP contribution is -2.27. The third kappa shape index (κ3) is 7.30. The number of nitrogens with zero attached hydrogens (tertiary/aromatic N) is 1. The van der Waals surface area contributed by atoms with Crippen LogP contribution in [0.3, 0.4) is 0 Å². The van der Waals surface area contributed by atoms with Crippen LogP contribution in [0.15, 0.2) is 22.7 Å². The maximum absolute atomic E-state index is 5.72. The van der Waals surface area contributed by atoms with Gasteiger partial charge >= 0.3 is 0 Å². The van der Waals surface area contributed by atoms with Gasteiger partial charge in [0.1, 0.15) is 5.75 Å². The summed E-state index contributed by atoms with van der Waals surface area (Å²) in [7, 11) is 0. The van der Waals surface area contributed by atoms with Gasteiger partial charge in [0.25, 0.3) is 0 Å². The minimum Gasteiger partial charge on any atom is -0.490 e. The quantitative estimate of drug-likeness (QED) is 0.639. The molecule has 0 bridgehead atoms. The van der Waals surface area contributed by atoms with Gasteiger partial charge < -0.3 is 15.0 Å². The van der Waals surface area contributed by atoms with Gasteiger partial charge in [-0.25, -0.2) is 0 Å². The average Bonchev–Trinajstić information content (AvgIpc) is 2.45. The summed E-state index contributed by atoms with van der Waals surface area (Å²) in [6.07, 6.45) is 1.39. The molecule has 0 fully saturated rings. The highest BCUT2D eigenvalue weighted by Crippen LogP contribution is 2.26. The molecule has 0 radical (unpaired) electrons. The predicted octanol–water partition coefficient (Wildman–Crippen LogP) is 4.06. The molecule has 0 atom stereocenters. The highest BCUT2D eigenvalue weighted by Gasteiger charge is 2.04. The van der Waals surface area contributed by atoms with E-state index in [4.69, 9.17) is 4.74 Å². The molecule has 4 heteroatoms. The fourth-order valence-corrected chi connectivity index (χ4v) is 2.72. The van der Waals surface area contributed by atoms with Gasteiger partial charge in [0.15, 0.2) is 0 Å². The molecule has 0 amide bonds. The molecule has 1 aromatic rings. The van der Waals surface area contributed by atoms with Gasteiger partial charge in [0.2, 0.25) is 0 Å². The minimum atomic E-state index is 0.199. The first-order valence-electron chi connectivity index (χ1n) is 7.95. The largest absolute Gasteiger partial charge is 0.490 e. The fraction of sp³-hybridized carbons (Fsp3) is 0.647. The standard InChI is InChI=1S/C17H29BrN2O/c1-5-20(6-2)11-7-10-19-13-15-8-9-17(16(18)12-15)21-14(3)4/h8-9,12,14,19H,5-7,10-11,13H2,1-4H3. The highest BCUT2D eigenvalue weighted by atomic mass is 79.9. The van der Waals surface area contributed by atoms with E-state index >= 15 is 0 Å². The van der Waals surface area contributed by atoms with E-state index in [-0.39, 0.29) is 6.10 Å². The SMILES string of the molecule is CCN(CC)CCCNCc1ccc(OC(C)C)c(Br)c1. The Morgan fingerprint density at radius 3 is 2.52 bits per heavy atom. The average molecular weight is 357 g/mol. The van der Waals surface area contributed by atoms with Crippen molar-refractivity contribution in [3.05, 3.63) is 28.2 Å². The van der Waals surface area contributed by atoms with Crippen LogP contribution in [-0.4, -0.2) is 37.2 Å². The van der Waals surface area contributed by atoms with Gasteiger partial charge in [-0.05, 0) is 80.1 Å². The number of nitrogens with one attached hydrogen (secondary N) is 1. The van der Waals surface area contributed by atoms with Crippen molar-refractivity contribution in [3.8, 4) is 5.75 Å². The van der Waals surface area contributed by atoms with E-state index in [1.165, 1.54) is 18.5 Å². The number of hydrogen-bond donors (Lipinski definition) is 1. The summed E-state index contributed by atoms with van der Waals surface area (Å²) in [6, 6.07) is 6.30. The van der Waals surface area contributed by atoms with Crippen molar-refractivity contribution in [2.75, 3.05) is 26.2 Å². The van der Waals surface area contributed by atoms with E-state index < -0.39 is 0 Å². The van der Waals surface area contributed by atoms with Crippen LogP contribution in [0.5, 0.6) is 5.75 Å². The molecule has 1 N–H and O–H groups in total. The zero-order chi connectivity index (χ0) is 15.7. The maximum Gasteiger partial charge on any atom is 0.133 e. The molecule has 0 aliphatic heterocycles. The Hall–Kier alpha value is -0.580. The summed E-state index contributed by atoms with van der Waals surface area (Å²) in [6.45, 7) is 13.9. The molecular formula is C17H29BrN2O. The highest BCUT2D eigenvalue weighted by molar-refractivity contribution is 9.10. The zero-order valence-electron chi connectivity index (χ0n) is 13.8. The normalized spacial score (nSPS) is 11.4. The van der Waals surface area contributed by atoms with Crippen molar-refractivity contribution >= 4 is 15.9 Å². The second kappa shape index (κ2) is 10.2. The Balaban J connectivity index is 2.31. The molecule has 21 heavy (non-hydrogen) atoms. The summed E-state index contributed by atoms with van der Waals surface area (Å²) in [5.74, 6) is 0.912. The molecule has 0 unspecified atom stereocenters. The maximum atomic E-state index is 5.72. The number of rotatable bonds is 10. The van der Waals surface area contributed by atoms with E-state index in [0.29, 0.717) is 0 Å². The van der Waals surface area contributed by atoms with Crippen LogP contribution in [0.1, 0.15) is 39.7 Å². The van der Waals surface area contributed by atoms with E-state index in [2.05, 4.69) is 52.1 Å². The molecule has 0 spiro atoms. The molecule has 0 saturated carbocycles. The lowest BCUT2D eigenvalue weighted by atomic mass is 10.2. The van der Waals surface area contributed by atoms with Gasteiger partial charge in [-0.1, -0.05) is 19.9 Å². The molecule has 3 nitrogen and oxygen atoms in total. The van der Waals surface area contributed by atoms with Crippen LogP contribution in [0, 0.1) is 0 Å². The second-order valence-corrected chi connectivity index (χ2v) is 6.34. The van der Waals surface area contributed by atoms with E-state index in [1.807, 2.05) is 19.9 Å². The van der Waals surface area contributed by atoms with Crippen LogP contribution in [0.2, 0.25) is 0 Å². The topological polar surface area (TPSA) is 24.5 Å². The Morgan fingerprint density at radius 1 is 1.24 bits per heavy atom. The smallest absolute Gasteiger partial charge is 0.133 e. The van der Waals surface area contributed by atoms with Crippen LogP contribution < -0.4 is 10.1 Å². The third-order valence-corrected chi connectivity index (χ3v) is 4.03. The van der Waals surface area contributed by atoms with E-state index in [9.17, 15) is 0 Å². The Bertz CT molecular complexity index is 406. The number of hydrogen-bond acceptors (Lipinski definition) is 3. The van der Waals surface area contributed by atoms with Gasteiger partial charge in [-0.2, -0.15) is 0 Å². The fourth-order valence-electron chi connectivity index (χ4n) is 2.20. The molecule has 120 valence electrons. The molecule has 1 rings (SSSR count). The first-order valence-corrected chi connectivity index (χ1v) is 8.74. The molecule has 0 aromatic heterocycles. The molecule has 0 saturated heterocycles. The van der Waals surface area contributed by atoms with Crippen molar-refractivity contribution in [2.45, 2.75) is 46.8 Å². The lowest BCUT2D eigenvalue weighted by molar-refractivity contribution is 0.241. The van der Waals surface area contributed by atoms with Crippen molar-refractivity contribution in [2.24, 2.45) is 0 Å². The number of halogens is 1. The molecular weight excluding hydrogens is 328 g/mol. The molecule has 0 aliphatic carbocycles. The van der Waals surface area contributed by atoms with Crippen molar-refractivity contribution in [1.29, 1.82) is 0 Å². The zero-order valence-corrected chi connectivity index (χ0v) is 15.4. The lowest BCUT2D eigenvalue weighted by Gasteiger charge is -2.17. The predicted molar refractivity (Wildman–Crippen MR) is 94.0 cm³/mol. The van der Waals surface area contributed by atoms with Gasteiger partial charge in [-0.15, -0.1) is 0 Å². The molecule has 1 aromatic carbocycles. The Labute approximate surface area is 138 Å². The third-order valence-electron chi connectivity index (χ3n) is 3.41. The minimum absolute atomic E-state index is 0.199. The summed E-state index contributed by atoms with van der Waals surface area (Å²) >= 11 is 3.58. The van der Waals surface area contributed by atoms with E-state index in [0.717, 1.165) is 36.4 Å².